The van der Waals surface area contributed by atoms with E-state index in [-0.39, 0.29) is 17.1 Å². The minimum Gasteiger partial charge on any atom is -0.507 e. The molecule has 0 aliphatic carbocycles. The second-order valence-electron chi connectivity index (χ2n) is 4.22. The van der Waals surface area contributed by atoms with Gasteiger partial charge in [-0.25, -0.2) is 0 Å². The number of aromatic hydroxyl groups is 1. The lowest BCUT2D eigenvalue weighted by Crippen LogP contribution is -2.40. The molecular weight excluding hydrogens is 221 g/mol. The van der Waals surface area contributed by atoms with Crippen LogP contribution in [0.5, 0.6) is 11.5 Å². The van der Waals surface area contributed by atoms with Gasteiger partial charge in [0, 0.05) is 0 Å². The van der Waals surface area contributed by atoms with Crippen LogP contribution in [0.4, 0.5) is 13.2 Å². The summed E-state index contributed by atoms with van der Waals surface area (Å²) in [4.78, 5) is 0. The molecule has 0 spiro atoms. The minimum atomic E-state index is -4.44. The summed E-state index contributed by atoms with van der Waals surface area (Å²) >= 11 is 0. The molecule has 1 aliphatic rings. The Balaban J connectivity index is 2.68. The number of ether oxygens (including phenoxy) is 1. The number of aryl methyl sites for hydroxylation is 1. The minimum absolute atomic E-state index is 0.153. The van der Waals surface area contributed by atoms with Crippen LogP contribution >= 0.6 is 0 Å². The fourth-order valence-corrected chi connectivity index (χ4v) is 1.91. The third-order valence-electron chi connectivity index (χ3n) is 3.02. The highest BCUT2D eigenvalue weighted by molar-refractivity contribution is 5.56. The number of hydrogen-bond acceptors (Lipinski definition) is 2. The highest BCUT2D eigenvalue weighted by Gasteiger charge is 2.58. The zero-order valence-corrected chi connectivity index (χ0v) is 8.85. The van der Waals surface area contributed by atoms with E-state index in [1.165, 1.54) is 12.1 Å². The smallest absolute Gasteiger partial charge is 0.401 e. The first-order valence-electron chi connectivity index (χ1n) is 4.80. The van der Waals surface area contributed by atoms with Gasteiger partial charge in [0.15, 0.2) is 0 Å². The SMILES string of the molecule is Cc1ccc(O)c2c1OCC2(C)C(F)(F)F. The zero-order valence-electron chi connectivity index (χ0n) is 8.85. The van der Waals surface area contributed by atoms with Gasteiger partial charge < -0.3 is 9.84 Å². The molecule has 1 aliphatic heterocycles. The number of phenolic OH excluding ortho intramolecular Hbond substituents is 1. The first-order chi connectivity index (χ1) is 7.27. The van der Waals surface area contributed by atoms with E-state index >= 15 is 0 Å². The van der Waals surface area contributed by atoms with Crippen molar-refractivity contribution in [3.05, 3.63) is 23.3 Å². The molecule has 88 valence electrons. The highest BCUT2D eigenvalue weighted by atomic mass is 19.4. The molecule has 2 rings (SSSR count). The van der Waals surface area contributed by atoms with E-state index in [9.17, 15) is 18.3 Å². The van der Waals surface area contributed by atoms with Gasteiger partial charge in [0.2, 0.25) is 0 Å². The van der Waals surface area contributed by atoms with Gasteiger partial charge in [0.05, 0.1) is 5.56 Å². The van der Waals surface area contributed by atoms with Gasteiger partial charge in [-0.3, -0.25) is 0 Å². The molecule has 1 atom stereocenters. The third kappa shape index (κ3) is 1.27. The maximum Gasteiger partial charge on any atom is 0.401 e. The molecule has 5 heteroatoms. The number of halogens is 3. The molecule has 0 aromatic heterocycles. The number of rotatable bonds is 0. The summed E-state index contributed by atoms with van der Waals surface area (Å²) < 4.78 is 43.9. The Morgan fingerprint density at radius 3 is 2.56 bits per heavy atom. The fourth-order valence-electron chi connectivity index (χ4n) is 1.91. The average Bonchev–Trinajstić information content (AvgIpc) is 2.52. The molecule has 1 aromatic rings. The van der Waals surface area contributed by atoms with Crippen molar-refractivity contribution in [3.63, 3.8) is 0 Å². The number of benzene rings is 1. The molecular formula is C11H11F3O2. The van der Waals surface area contributed by atoms with Crippen molar-refractivity contribution in [2.75, 3.05) is 6.61 Å². The molecule has 1 N–H and O–H groups in total. The van der Waals surface area contributed by atoms with E-state index < -0.39 is 18.2 Å². The maximum atomic E-state index is 12.9. The second-order valence-corrected chi connectivity index (χ2v) is 4.22. The molecule has 16 heavy (non-hydrogen) atoms. The largest absolute Gasteiger partial charge is 0.507 e. The summed E-state index contributed by atoms with van der Waals surface area (Å²) in [5.74, 6) is -0.210. The molecule has 1 heterocycles. The predicted molar refractivity (Wildman–Crippen MR) is 51.7 cm³/mol. The van der Waals surface area contributed by atoms with Gasteiger partial charge in [0.1, 0.15) is 23.5 Å². The van der Waals surface area contributed by atoms with Crippen molar-refractivity contribution < 1.29 is 23.0 Å². The van der Waals surface area contributed by atoms with Crippen LogP contribution in [0.1, 0.15) is 18.1 Å². The van der Waals surface area contributed by atoms with E-state index in [0.717, 1.165) is 6.92 Å². The lowest BCUT2D eigenvalue weighted by atomic mass is 9.82. The van der Waals surface area contributed by atoms with E-state index in [0.29, 0.717) is 5.56 Å². The first-order valence-corrected chi connectivity index (χ1v) is 4.80. The molecule has 2 nitrogen and oxygen atoms in total. The van der Waals surface area contributed by atoms with Gasteiger partial charge in [-0.1, -0.05) is 6.07 Å². The van der Waals surface area contributed by atoms with Gasteiger partial charge in [-0.05, 0) is 25.5 Å². The van der Waals surface area contributed by atoms with Gasteiger partial charge in [0.25, 0.3) is 0 Å². The van der Waals surface area contributed by atoms with Crippen molar-refractivity contribution in [3.8, 4) is 11.5 Å². The Morgan fingerprint density at radius 1 is 1.38 bits per heavy atom. The average molecular weight is 232 g/mol. The molecule has 1 aromatic carbocycles. The summed E-state index contributed by atoms with van der Waals surface area (Å²) in [5, 5.41) is 9.57. The van der Waals surface area contributed by atoms with E-state index in [1.807, 2.05) is 0 Å². The first kappa shape index (κ1) is 11.1. The quantitative estimate of drug-likeness (QED) is 0.745. The lowest BCUT2D eigenvalue weighted by molar-refractivity contribution is -0.187. The van der Waals surface area contributed by atoms with Crippen molar-refractivity contribution in [2.24, 2.45) is 0 Å². The number of fused-ring (bicyclic) bond motifs is 1. The maximum absolute atomic E-state index is 12.9. The molecule has 0 saturated heterocycles. The summed E-state index contributed by atoms with van der Waals surface area (Å²) in [6.45, 7) is 2.21. The molecule has 0 fully saturated rings. The van der Waals surface area contributed by atoms with Gasteiger partial charge >= 0.3 is 6.18 Å². The highest BCUT2D eigenvalue weighted by Crippen LogP contribution is 2.53. The number of phenols is 1. The van der Waals surface area contributed by atoms with Crippen LogP contribution in [0.3, 0.4) is 0 Å². The monoisotopic (exact) mass is 232 g/mol. The molecule has 1 unspecified atom stereocenters. The number of alkyl halides is 3. The second kappa shape index (κ2) is 3.06. The van der Waals surface area contributed by atoms with Crippen molar-refractivity contribution in [1.29, 1.82) is 0 Å². The van der Waals surface area contributed by atoms with Gasteiger partial charge in [-0.2, -0.15) is 13.2 Å². The molecule has 0 saturated carbocycles. The Morgan fingerprint density at radius 2 is 2.00 bits per heavy atom. The van der Waals surface area contributed by atoms with Crippen LogP contribution in [0.25, 0.3) is 0 Å². The molecule has 0 amide bonds. The zero-order chi connectivity index (χ0) is 12.1. The van der Waals surface area contributed by atoms with Crippen molar-refractivity contribution in [2.45, 2.75) is 25.4 Å². The van der Waals surface area contributed by atoms with Crippen LogP contribution < -0.4 is 4.74 Å². The Hall–Kier alpha value is -1.39. The van der Waals surface area contributed by atoms with Crippen LogP contribution in [0, 0.1) is 6.92 Å². The van der Waals surface area contributed by atoms with Crippen molar-refractivity contribution in [1.82, 2.24) is 0 Å². The van der Waals surface area contributed by atoms with E-state index in [1.54, 1.807) is 6.92 Å². The van der Waals surface area contributed by atoms with Crippen LogP contribution in [0.15, 0.2) is 12.1 Å². The normalized spacial score (nSPS) is 24.1. The van der Waals surface area contributed by atoms with Crippen LogP contribution in [-0.4, -0.2) is 17.9 Å². The third-order valence-corrected chi connectivity index (χ3v) is 3.02. The predicted octanol–water partition coefficient (Wildman–Crippen LogP) is 2.91. The molecule has 0 radical (unpaired) electrons. The van der Waals surface area contributed by atoms with Crippen LogP contribution in [0.2, 0.25) is 0 Å². The van der Waals surface area contributed by atoms with Crippen molar-refractivity contribution >= 4 is 0 Å². The molecule has 0 bridgehead atoms. The Bertz CT molecular complexity index is 440. The van der Waals surface area contributed by atoms with E-state index in [2.05, 4.69) is 0 Å². The summed E-state index contributed by atoms with van der Waals surface area (Å²) in [7, 11) is 0. The van der Waals surface area contributed by atoms with Crippen LogP contribution in [-0.2, 0) is 5.41 Å². The summed E-state index contributed by atoms with van der Waals surface area (Å²) in [6.07, 6.45) is -4.44. The Labute approximate surface area is 90.7 Å². The van der Waals surface area contributed by atoms with Gasteiger partial charge in [-0.15, -0.1) is 0 Å². The standard InChI is InChI=1S/C11H11F3O2/c1-6-3-4-7(15)8-9(6)16-5-10(8,2)11(12,13)14/h3-4,15H,5H2,1-2H3. The summed E-state index contributed by atoms with van der Waals surface area (Å²) in [6, 6.07) is 2.81. The summed E-state index contributed by atoms with van der Waals surface area (Å²) in [5.41, 5.74) is -1.68. The topological polar surface area (TPSA) is 29.5 Å². The lowest BCUT2D eigenvalue weighted by Gasteiger charge is -2.26. The number of hydrogen-bond donors (Lipinski definition) is 1. The fraction of sp³-hybridized carbons (Fsp3) is 0.455. The van der Waals surface area contributed by atoms with E-state index in [4.69, 9.17) is 4.74 Å². The Kier molecular flexibility index (Phi) is 2.12.